The fraction of sp³-hybridized carbons (Fsp3) is 0. The van der Waals surface area contributed by atoms with Crippen LogP contribution in [0.25, 0.3) is 0 Å². The SMILES string of the molecule is Nc1cc(N)c(N)c(C(=O)c2ccccc2)c1. The minimum atomic E-state index is -0.179. The zero-order valence-corrected chi connectivity index (χ0v) is 9.18. The van der Waals surface area contributed by atoms with Gasteiger partial charge in [-0.1, -0.05) is 30.3 Å². The number of hydrogen-bond acceptors (Lipinski definition) is 4. The molecule has 4 nitrogen and oxygen atoms in total. The highest BCUT2D eigenvalue weighted by Gasteiger charge is 2.14. The van der Waals surface area contributed by atoms with E-state index in [2.05, 4.69) is 0 Å². The van der Waals surface area contributed by atoms with Gasteiger partial charge in [-0.25, -0.2) is 0 Å². The van der Waals surface area contributed by atoms with Gasteiger partial charge in [-0.3, -0.25) is 4.79 Å². The van der Waals surface area contributed by atoms with Crippen molar-refractivity contribution in [1.29, 1.82) is 0 Å². The van der Waals surface area contributed by atoms with Gasteiger partial charge in [-0.15, -0.1) is 0 Å². The fourth-order valence-corrected chi connectivity index (χ4v) is 1.63. The predicted octanol–water partition coefficient (Wildman–Crippen LogP) is 1.66. The molecule has 0 heterocycles. The molecule has 0 bridgehead atoms. The lowest BCUT2D eigenvalue weighted by Crippen LogP contribution is -2.08. The average molecular weight is 227 g/mol. The third-order valence-corrected chi connectivity index (χ3v) is 2.51. The number of rotatable bonds is 2. The molecule has 2 rings (SSSR count). The Kier molecular flexibility index (Phi) is 2.70. The highest BCUT2D eigenvalue weighted by atomic mass is 16.1. The van der Waals surface area contributed by atoms with Gasteiger partial charge in [0.25, 0.3) is 0 Å². The summed E-state index contributed by atoms with van der Waals surface area (Å²) in [6, 6.07) is 12.0. The fourth-order valence-electron chi connectivity index (χ4n) is 1.63. The molecule has 6 N–H and O–H groups in total. The molecule has 0 atom stereocenters. The largest absolute Gasteiger partial charge is 0.399 e. The molecule has 4 heteroatoms. The molecule has 2 aromatic carbocycles. The second kappa shape index (κ2) is 4.17. The molecule has 0 aliphatic heterocycles. The molecule has 0 amide bonds. The number of carbonyl (C=O) groups excluding carboxylic acids is 1. The van der Waals surface area contributed by atoms with Gasteiger partial charge in [0.05, 0.1) is 11.4 Å². The molecule has 0 spiro atoms. The number of hydrogen-bond donors (Lipinski definition) is 3. The molecule has 17 heavy (non-hydrogen) atoms. The molecule has 2 aromatic rings. The zero-order valence-electron chi connectivity index (χ0n) is 9.18. The standard InChI is InChI=1S/C13H13N3O/c14-9-6-10(12(16)11(15)7-9)13(17)8-4-2-1-3-5-8/h1-7H,14-16H2. The maximum absolute atomic E-state index is 12.2. The lowest BCUT2D eigenvalue weighted by atomic mass is 10.0. The van der Waals surface area contributed by atoms with E-state index in [0.717, 1.165) is 0 Å². The Bertz CT molecular complexity index is 564. The van der Waals surface area contributed by atoms with Crippen LogP contribution in [0.15, 0.2) is 42.5 Å². The summed E-state index contributed by atoms with van der Waals surface area (Å²) in [5.41, 5.74) is 19.0. The van der Waals surface area contributed by atoms with Crippen LogP contribution in [0.2, 0.25) is 0 Å². The number of nitrogens with two attached hydrogens (primary N) is 3. The number of nitrogen functional groups attached to an aromatic ring is 3. The monoisotopic (exact) mass is 227 g/mol. The molecule has 86 valence electrons. The van der Waals surface area contributed by atoms with Crippen LogP contribution in [0, 0.1) is 0 Å². The Hall–Kier alpha value is -2.49. The van der Waals surface area contributed by atoms with E-state index in [9.17, 15) is 4.79 Å². The van der Waals surface area contributed by atoms with E-state index < -0.39 is 0 Å². The Balaban J connectivity index is 2.52. The van der Waals surface area contributed by atoms with Crippen LogP contribution in [0.1, 0.15) is 15.9 Å². The summed E-state index contributed by atoms with van der Waals surface area (Å²) in [6.45, 7) is 0. The summed E-state index contributed by atoms with van der Waals surface area (Å²) in [6.07, 6.45) is 0. The Morgan fingerprint density at radius 1 is 0.941 bits per heavy atom. The third-order valence-electron chi connectivity index (χ3n) is 2.51. The lowest BCUT2D eigenvalue weighted by molar-refractivity contribution is 0.103. The van der Waals surface area contributed by atoms with Gasteiger partial charge >= 0.3 is 0 Å². The highest BCUT2D eigenvalue weighted by molar-refractivity contribution is 6.13. The molecule has 0 fully saturated rings. The van der Waals surface area contributed by atoms with Crippen molar-refractivity contribution < 1.29 is 4.79 Å². The zero-order chi connectivity index (χ0) is 12.4. The van der Waals surface area contributed by atoms with Crippen molar-refractivity contribution in [2.45, 2.75) is 0 Å². The minimum absolute atomic E-state index is 0.179. The third kappa shape index (κ3) is 2.06. The smallest absolute Gasteiger partial charge is 0.195 e. The Morgan fingerprint density at radius 3 is 2.24 bits per heavy atom. The quantitative estimate of drug-likeness (QED) is 0.537. The summed E-state index contributed by atoms with van der Waals surface area (Å²) < 4.78 is 0. The van der Waals surface area contributed by atoms with Crippen molar-refractivity contribution >= 4 is 22.8 Å². The van der Waals surface area contributed by atoms with Crippen LogP contribution in [-0.2, 0) is 0 Å². The molecule has 0 radical (unpaired) electrons. The first-order valence-corrected chi connectivity index (χ1v) is 5.14. The number of carbonyl (C=O) groups is 1. The van der Waals surface area contributed by atoms with Gasteiger partial charge in [0.15, 0.2) is 5.78 Å². The lowest BCUT2D eigenvalue weighted by Gasteiger charge is -2.08. The Labute approximate surface area is 99.0 Å². The van der Waals surface area contributed by atoms with Gasteiger partial charge < -0.3 is 17.2 Å². The van der Waals surface area contributed by atoms with E-state index >= 15 is 0 Å². The molecule has 0 aliphatic carbocycles. The summed E-state index contributed by atoms with van der Waals surface area (Å²) in [7, 11) is 0. The summed E-state index contributed by atoms with van der Waals surface area (Å²) >= 11 is 0. The second-order valence-corrected chi connectivity index (χ2v) is 3.77. The number of benzene rings is 2. The predicted molar refractivity (Wildman–Crippen MR) is 69.6 cm³/mol. The van der Waals surface area contributed by atoms with Crippen molar-refractivity contribution in [3.05, 3.63) is 53.6 Å². The summed E-state index contributed by atoms with van der Waals surface area (Å²) in [4.78, 5) is 12.2. The van der Waals surface area contributed by atoms with Crippen molar-refractivity contribution in [1.82, 2.24) is 0 Å². The molecule has 0 saturated heterocycles. The number of anilines is 3. The van der Waals surface area contributed by atoms with Gasteiger partial charge in [0.1, 0.15) is 0 Å². The van der Waals surface area contributed by atoms with E-state index in [0.29, 0.717) is 22.5 Å². The molecule has 0 aromatic heterocycles. The van der Waals surface area contributed by atoms with Gasteiger partial charge in [-0.2, -0.15) is 0 Å². The van der Waals surface area contributed by atoms with Crippen molar-refractivity contribution in [3.63, 3.8) is 0 Å². The normalized spacial score (nSPS) is 10.1. The van der Waals surface area contributed by atoms with Crippen LogP contribution >= 0.6 is 0 Å². The van der Waals surface area contributed by atoms with E-state index in [1.54, 1.807) is 30.3 Å². The van der Waals surface area contributed by atoms with E-state index in [4.69, 9.17) is 17.2 Å². The molecule has 0 unspecified atom stereocenters. The van der Waals surface area contributed by atoms with Crippen molar-refractivity contribution in [2.24, 2.45) is 0 Å². The van der Waals surface area contributed by atoms with Crippen molar-refractivity contribution in [2.75, 3.05) is 17.2 Å². The first-order chi connectivity index (χ1) is 8.09. The molecule has 0 saturated carbocycles. The molecule has 0 aliphatic rings. The van der Waals surface area contributed by atoms with Crippen LogP contribution in [0.3, 0.4) is 0 Å². The van der Waals surface area contributed by atoms with Crippen LogP contribution < -0.4 is 17.2 Å². The Morgan fingerprint density at radius 2 is 1.59 bits per heavy atom. The molecular weight excluding hydrogens is 214 g/mol. The second-order valence-electron chi connectivity index (χ2n) is 3.77. The van der Waals surface area contributed by atoms with Crippen LogP contribution in [0.5, 0.6) is 0 Å². The van der Waals surface area contributed by atoms with Crippen LogP contribution in [-0.4, -0.2) is 5.78 Å². The molecular formula is C13H13N3O. The average Bonchev–Trinajstić information content (AvgIpc) is 2.34. The maximum Gasteiger partial charge on any atom is 0.195 e. The topological polar surface area (TPSA) is 95.1 Å². The van der Waals surface area contributed by atoms with E-state index in [-0.39, 0.29) is 11.5 Å². The highest BCUT2D eigenvalue weighted by Crippen LogP contribution is 2.25. The van der Waals surface area contributed by atoms with Crippen LogP contribution in [0.4, 0.5) is 17.1 Å². The summed E-state index contributed by atoms with van der Waals surface area (Å²) in [5, 5.41) is 0. The van der Waals surface area contributed by atoms with Crippen molar-refractivity contribution in [3.8, 4) is 0 Å². The van der Waals surface area contributed by atoms with Gasteiger partial charge in [0.2, 0.25) is 0 Å². The minimum Gasteiger partial charge on any atom is -0.399 e. The number of ketones is 1. The first kappa shape index (κ1) is 11.0. The first-order valence-electron chi connectivity index (χ1n) is 5.14. The maximum atomic E-state index is 12.2. The van der Waals surface area contributed by atoms with Gasteiger partial charge in [-0.05, 0) is 12.1 Å². The van der Waals surface area contributed by atoms with Gasteiger partial charge in [0, 0.05) is 16.8 Å². The van der Waals surface area contributed by atoms with E-state index in [1.807, 2.05) is 6.07 Å². The van der Waals surface area contributed by atoms with E-state index in [1.165, 1.54) is 6.07 Å². The summed E-state index contributed by atoms with van der Waals surface area (Å²) in [5.74, 6) is -0.179.